The lowest BCUT2D eigenvalue weighted by atomic mass is 10.0. The maximum atomic E-state index is 13.4. The molecule has 7 nitrogen and oxygen atoms in total. The number of carboxylic acid groups (broad SMARTS) is 1. The second kappa shape index (κ2) is 9.19. The zero-order valence-electron chi connectivity index (χ0n) is 18.7. The number of fused-ring (bicyclic) bond motifs is 3. The van der Waals surface area contributed by atoms with Crippen LogP contribution in [-0.2, 0) is 6.54 Å². The fourth-order valence-corrected chi connectivity index (χ4v) is 4.31. The molecule has 0 unspecified atom stereocenters. The summed E-state index contributed by atoms with van der Waals surface area (Å²) < 4.78 is 7.65. The Bertz CT molecular complexity index is 1660. The molecule has 0 radical (unpaired) electrons. The first-order valence-corrected chi connectivity index (χ1v) is 11.3. The van der Waals surface area contributed by atoms with E-state index in [1.54, 1.807) is 54.1 Å². The van der Waals surface area contributed by atoms with E-state index in [0.29, 0.717) is 38.6 Å². The van der Waals surface area contributed by atoms with E-state index in [1.807, 2.05) is 24.3 Å². The first-order chi connectivity index (χ1) is 16.9. The van der Waals surface area contributed by atoms with Gasteiger partial charge in [-0.1, -0.05) is 41.9 Å². The lowest BCUT2D eigenvalue weighted by Gasteiger charge is -2.15. The monoisotopic (exact) mass is 485 g/mol. The topological polar surface area (TPSA) is 94.3 Å². The molecule has 5 rings (SSSR count). The lowest BCUT2D eigenvalue weighted by molar-refractivity contribution is 0.0697. The number of halogens is 1. The summed E-state index contributed by atoms with van der Waals surface area (Å²) in [5.74, 6) is 0.0810. The quantitative estimate of drug-likeness (QED) is 0.326. The van der Waals surface area contributed by atoms with Gasteiger partial charge in [0.25, 0.3) is 5.56 Å². The number of ether oxygens (including phenoxy) is 1. The number of benzene rings is 3. The number of hydrogen-bond acceptors (Lipinski definition) is 5. The van der Waals surface area contributed by atoms with Crippen LogP contribution in [0.3, 0.4) is 0 Å². The number of nitrogens with zero attached hydrogens (tertiary/aromatic N) is 3. The minimum absolute atomic E-state index is 0.153. The van der Waals surface area contributed by atoms with Crippen molar-refractivity contribution in [2.45, 2.75) is 13.5 Å². The van der Waals surface area contributed by atoms with Crippen LogP contribution in [0.1, 0.15) is 16.2 Å². The fraction of sp³-hybridized carbons (Fsp3) is 0.111. The SMILES string of the molecule is Cc1nc2cnc3ccccc3c2c(=O)n1CCOc1ccc(Cl)cc1-c1cccc(C(=O)O)c1. The third kappa shape index (κ3) is 4.34. The van der Waals surface area contributed by atoms with Gasteiger partial charge in [-0.25, -0.2) is 9.78 Å². The van der Waals surface area contributed by atoms with Gasteiger partial charge in [0.05, 0.1) is 34.7 Å². The number of pyridine rings is 1. The molecule has 2 aromatic heterocycles. The van der Waals surface area contributed by atoms with Crippen molar-refractivity contribution in [3.8, 4) is 16.9 Å². The molecule has 35 heavy (non-hydrogen) atoms. The van der Waals surface area contributed by atoms with E-state index in [2.05, 4.69) is 9.97 Å². The van der Waals surface area contributed by atoms with Gasteiger partial charge in [-0.3, -0.25) is 14.3 Å². The zero-order chi connectivity index (χ0) is 24.5. The van der Waals surface area contributed by atoms with Crippen LogP contribution >= 0.6 is 11.6 Å². The maximum Gasteiger partial charge on any atom is 0.335 e. The van der Waals surface area contributed by atoms with Crippen molar-refractivity contribution in [1.82, 2.24) is 14.5 Å². The molecular weight excluding hydrogens is 466 g/mol. The third-order valence-electron chi connectivity index (χ3n) is 5.82. The second-order valence-corrected chi connectivity index (χ2v) is 8.46. The van der Waals surface area contributed by atoms with E-state index in [0.717, 1.165) is 10.9 Å². The van der Waals surface area contributed by atoms with Gasteiger partial charge in [0.1, 0.15) is 18.2 Å². The van der Waals surface area contributed by atoms with Crippen molar-refractivity contribution >= 4 is 39.4 Å². The average molecular weight is 486 g/mol. The van der Waals surface area contributed by atoms with Crippen LogP contribution in [0.25, 0.3) is 32.9 Å². The Morgan fingerprint density at radius 3 is 2.71 bits per heavy atom. The molecule has 2 heterocycles. The van der Waals surface area contributed by atoms with Crippen LogP contribution in [0.15, 0.2) is 77.7 Å². The number of aromatic carboxylic acids is 1. The predicted molar refractivity (Wildman–Crippen MR) is 135 cm³/mol. The fourth-order valence-electron chi connectivity index (χ4n) is 4.14. The molecule has 0 saturated heterocycles. The van der Waals surface area contributed by atoms with Gasteiger partial charge in [-0.05, 0) is 48.9 Å². The molecule has 0 bridgehead atoms. The van der Waals surface area contributed by atoms with Gasteiger partial charge in [0.2, 0.25) is 0 Å². The molecule has 0 aliphatic heterocycles. The van der Waals surface area contributed by atoms with E-state index >= 15 is 0 Å². The van der Waals surface area contributed by atoms with Crippen LogP contribution in [0.2, 0.25) is 5.02 Å². The largest absolute Gasteiger partial charge is 0.491 e. The third-order valence-corrected chi connectivity index (χ3v) is 6.06. The highest BCUT2D eigenvalue weighted by molar-refractivity contribution is 6.31. The van der Waals surface area contributed by atoms with Gasteiger partial charge >= 0.3 is 5.97 Å². The van der Waals surface area contributed by atoms with Gasteiger partial charge < -0.3 is 9.84 Å². The number of carboxylic acids is 1. The van der Waals surface area contributed by atoms with Crippen LogP contribution in [-0.4, -0.2) is 32.2 Å². The van der Waals surface area contributed by atoms with Crippen molar-refractivity contribution in [2.75, 3.05) is 6.61 Å². The van der Waals surface area contributed by atoms with E-state index in [4.69, 9.17) is 16.3 Å². The van der Waals surface area contributed by atoms with Gasteiger partial charge in [-0.2, -0.15) is 0 Å². The standard InChI is InChI=1S/C27H20ClN3O4/c1-16-30-23-15-29-22-8-3-2-7-20(22)25(23)26(32)31(16)11-12-35-24-10-9-19(28)14-21(24)17-5-4-6-18(13-17)27(33)34/h2-10,13-15H,11-12H2,1H3,(H,33,34). The molecule has 0 aliphatic rings. The summed E-state index contributed by atoms with van der Waals surface area (Å²) in [6.07, 6.45) is 1.62. The number of rotatable bonds is 6. The Morgan fingerprint density at radius 2 is 1.89 bits per heavy atom. The molecule has 0 aliphatic carbocycles. The molecular formula is C27H20ClN3O4. The van der Waals surface area contributed by atoms with Crippen molar-refractivity contribution in [3.63, 3.8) is 0 Å². The maximum absolute atomic E-state index is 13.4. The molecule has 8 heteroatoms. The van der Waals surface area contributed by atoms with E-state index in [-0.39, 0.29) is 24.3 Å². The predicted octanol–water partition coefficient (Wildman–Crippen LogP) is 5.35. The number of aryl methyl sites for hydroxylation is 1. The Labute approximate surface area is 205 Å². The lowest BCUT2D eigenvalue weighted by Crippen LogP contribution is -2.26. The summed E-state index contributed by atoms with van der Waals surface area (Å²) in [5.41, 5.74) is 2.64. The molecule has 0 fully saturated rings. The Kier molecular flexibility index (Phi) is 5.93. The first kappa shape index (κ1) is 22.6. The van der Waals surface area contributed by atoms with E-state index in [1.165, 1.54) is 6.07 Å². The smallest absolute Gasteiger partial charge is 0.335 e. The molecule has 5 aromatic rings. The van der Waals surface area contributed by atoms with Crippen LogP contribution in [0, 0.1) is 6.92 Å². The summed E-state index contributed by atoms with van der Waals surface area (Å²) in [5, 5.41) is 11.1. The Morgan fingerprint density at radius 1 is 1.06 bits per heavy atom. The Balaban J connectivity index is 1.46. The summed E-state index contributed by atoms with van der Waals surface area (Å²) in [6, 6.07) is 19.2. The zero-order valence-corrected chi connectivity index (χ0v) is 19.5. The number of aromatic nitrogens is 3. The molecule has 0 saturated carbocycles. The van der Waals surface area contributed by atoms with E-state index in [9.17, 15) is 14.7 Å². The number of carbonyl (C=O) groups is 1. The summed E-state index contributed by atoms with van der Waals surface area (Å²) in [7, 11) is 0. The molecule has 1 N–H and O–H groups in total. The molecule has 3 aromatic carbocycles. The highest BCUT2D eigenvalue weighted by Crippen LogP contribution is 2.33. The van der Waals surface area contributed by atoms with Crippen LogP contribution < -0.4 is 10.3 Å². The minimum atomic E-state index is -1.02. The average Bonchev–Trinajstić information content (AvgIpc) is 2.86. The first-order valence-electron chi connectivity index (χ1n) is 10.9. The van der Waals surface area contributed by atoms with E-state index < -0.39 is 5.97 Å². The van der Waals surface area contributed by atoms with Gasteiger partial charge in [-0.15, -0.1) is 0 Å². The molecule has 174 valence electrons. The number of para-hydroxylation sites is 1. The van der Waals surface area contributed by atoms with Gasteiger partial charge in [0, 0.05) is 16.0 Å². The summed E-state index contributed by atoms with van der Waals surface area (Å²) >= 11 is 6.21. The number of hydrogen-bond donors (Lipinski definition) is 1. The van der Waals surface area contributed by atoms with Gasteiger partial charge in [0.15, 0.2) is 0 Å². The molecule has 0 spiro atoms. The molecule has 0 atom stereocenters. The van der Waals surface area contributed by atoms with Crippen molar-refractivity contribution in [2.24, 2.45) is 0 Å². The second-order valence-electron chi connectivity index (χ2n) is 8.03. The summed E-state index contributed by atoms with van der Waals surface area (Å²) in [6.45, 7) is 2.26. The highest BCUT2D eigenvalue weighted by Gasteiger charge is 2.14. The van der Waals surface area contributed by atoms with Crippen molar-refractivity contribution < 1.29 is 14.6 Å². The molecule has 0 amide bonds. The normalized spacial score (nSPS) is 11.1. The highest BCUT2D eigenvalue weighted by atomic mass is 35.5. The Hall–Kier alpha value is -4.23. The van der Waals surface area contributed by atoms with Crippen LogP contribution in [0.5, 0.6) is 5.75 Å². The van der Waals surface area contributed by atoms with Crippen molar-refractivity contribution in [1.29, 1.82) is 0 Å². The minimum Gasteiger partial charge on any atom is -0.491 e. The summed E-state index contributed by atoms with van der Waals surface area (Å²) in [4.78, 5) is 33.8. The van der Waals surface area contributed by atoms with Crippen LogP contribution in [0.4, 0.5) is 0 Å². The van der Waals surface area contributed by atoms with Crippen molar-refractivity contribution in [3.05, 3.63) is 99.7 Å².